The Hall–Kier alpha value is -1.43. The van der Waals surface area contributed by atoms with Crippen LogP contribution in [0.5, 0.6) is 0 Å². The van der Waals surface area contributed by atoms with Gasteiger partial charge in [0.1, 0.15) is 17.7 Å². The molecule has 2 aromatic rings. The molecule has 0 aromatic carbocycles. The van der Waals surface area contributed by atoms with Gasteiger partial charge in [0.15, 0.2) is 5.13 Å². The van der Waals surface area contributed by atoms with E-state index in [1.165, 1.54) is 64.2 Å². The predicted molar refractivity (Wildman–Crippen MR) is 116 cm³/mol. The highest BCUT2D eigenvalue weighted by Crippen LogP contribution is 2.34. The summed E-state index contributed by atoms with van der Waals surface area (Å²) in [6, 6.07) is 0. The minimum Gasteiger partial charge on any atom is -0.361 e. The van der Waals surface area contributed by atoms with E-state index < -0.39 is 0 Å². The van der Waals surface area contributed by atoms with Gasteiger partial charge in [0, 0.05) is 12.0 Å². The van der Waals surface area contributed by atoms with Crippen molar-refractivity contribution in [1.29, 1.82) is 0 Å². The summed E-state index contributed by atoms with van der Waals surface area (Å²) in [4.78, 5) is 8.91. The van der Waals surface area contributed by atoms with E-state index >= 15 is 0 Å². The molecule has 2 heterocycles. The van der Waals surface area contributed by atoms with Crippen LogP contribution in [-0.2, 0) is 5.41 Å². The molecule has 0 aliphatic carbocycles. The van der Waals surface area contributed by atoms with Gasteiger partial charge < -0.3 is 5.32 Å². The van der Waals surface area contributed by atoms with E-state index in [2.05, 4.69) is 43.1 Å². The summed E-state index contributed by atoms with van der Waals surface area (Å²) in [7, 11) is 0. The Morgan fingerprint density at radius 1 is 0.963 bits per heavy atom. The number of unbranched alkanes of at least 4 members (excludes halogenated alkanes) is 9. The summed E-state index contributed by atoms with van der Waals surface area (Å²) in [5.41, 5.74) is 1.05. The molecule has 0 saturated carbocycles. The zero-order valence-corrected chi connectivity index (χ0v) is 18.4. The lowest BCUT2D eigenvalue weighted by Gasteiger charge is -2.16. The van der Waals surface area contributed by atoms with Gasteiger partial charge in [0.25, 0.3) is 0 Å². The fraction of sp³-hybridized carbons (Fsp3) is 0.762. The number of aromatic nitrogens is 4. The number of anilines is 1. The molecule has 0 aliphatic heterocycles. The molecule has 6 heteroatoms. The molecule has 0 unspecified atom stereocenters. The molecule has 2 rings (SSSR count). The van der Waals surface area contributed by atoms with E-state index in [-0.39, 0.29) is 5.41 Å². The van der Waals surface area contributed by atoms with E-state index in [1.807, 2.05) is 4.68 Å². The van der Waals surface area contributed by atoms with Gasteiger partial charge in [-0.1, -0.05) is 96.8 Å². The molecule has 0 spiro atoms. The summed E-state index contributed by atoms with van der Waals surface area (Å²) in [5.74, 6) is 0. The highest BCUT2D eigenvalue weighted by atomic mass is 32.1. The highest BCUT2D eigenvalue weighted by Gasteiger charge is 2.24. The number of hydrogen-bond acceptors (Lipinski definition) is 5. The van der Waals surface area contributed by atoms with Crippen molar-refractivity contribution < 1.29 is 0 Å². The fourth-order valence-corrected chi connectivity index (χ4v) is 4.28. The second kappa shape index (κ2) is 11.4. The van der Waals surface area contributed by atoms with Crippen molar-refractivity contribution in [3.63, 3.8) is 0 Å². The normalized spacial score (nSPS) is 11.9. The SMILES string of the molecule is CCCCCCCCCCCCNc1nc(C(C)(C)C)c(-n2cncn2)s1. The Kier molecular flexibility index (Phi) is 9.25. The standard InChI is InChI=1S/C21H37N5S/c1-5-6-7-8-9-10-11-12-13-14-15-23-20-25-18(21(2,3)4)19(27-20)26-17-22-16-24-26/h16-17H,5-15H2,1-4H3,(H,23,25). The molecule has 0 amide bonds. The summed E-state index contributed by atoms with van der Waals surface area (Å²) in [6.07, 6.45) is 17.0. The van der Waals surface area contributed by atoms with Crippen LogP contribution in [-0.4, -0.2) is 26.3 Å². The first-order valence-corrected chi connectivity index (χ1v) is 11.4. The molecule has 0 saturated heterocycles. The van der Waals surface area contributed by atoms with Crippen LogP contribution in [0.4, 0.5) is 5.13 Å². The van der Waals surface area contributed by atoms with Crippen molar-refractivity contribution in [3.05, 3.63) is 18.3 Å². The summed E-state index contributed by atoms with van der Waals surface area (Å²) >= 11 is 1.66. The number of rotatable bonds is 13. The quantitative estimate of drug-likeness (QED) is 0.404. The van der Waals surface area contributed by atoms with Crippen molar-refractivity contribution in [2.75, 3.05) is 11.9 Å². The number of nitrogens with zero attached hydrogens (tertiary/aromatic N) is 4. The average molecular weight is 392 g/mol. The molecule has 0 bridgehead atoms. The summed E-state index contributed by atoms with van der Waals surface area (Å²) < 4.78 is 1.82. The van der Waals surface area contributed by atoms with Crippen LogP contribution in [0.15, 0.2) is 12.7 Å². The van der Waals surface area contributed by atoms with Crippen molar-refractivity contribution in [2.24, 2.45) is 0 Å². The van der Waals surface area contributed by atoms with Gasteiger partial charge in [-0.05, 0) is 6.42 Å². The molecule has 27 heavy (non-hydrogen) atoms. The van der Waals surface area contributed by atoms with Gasteiger partial charge in [0.05, 0.1) is 5.69 Å². The minimum absolute atomic E-state index is 0.0190. The van der Waals surface area contributed by atoms with Crippen molar-refractivity contribution in [1.82, 2.24) is 19.7 Å². The number of nitrogens with one attached hydrogen (secondary N) is 1. The Labute approximate surface area is 169 Å². The lowest BCUT2D eigenvalue weighted by Crippen LogP contribution is -2.15. The van der Waals surface area contributed by atoms with Crippen LogP contribution in [0.1, 0.15) is 97.6 Å². The Bertz CT molecular complexity index is 628. The minimum atomic E-state index is -0.0190. The molecule has 0 aliphatic rings. The summed E-state index contributed by atoms with van der Waals surface area (Å²) in [5, 5.41) is 9.84. The van der Waals surface area contributed by atoms with Crippen LogP contribution < -0.4 is 5.32 Å². The molecular weight excluding hydrogens is 354 g/mol. The lowest BCUT2D eigenvalue weighted by molar-refractivity contribution is 0.559. The first kappa shape index (κ1) is 21.9. The van der Waals surface area contributed by atoms with Crippen LogP contribution in [0.25, 0.3) is 5.00 Å². The topological polar surface area (TPSA) is 55.6 Å². The molecule has 2 aromatic heterocycles. The summed E-state index contributed by atoms with van der Waals surface area (Å²) in [6.45, 7) is 9.83. The zero-order valence-electron chi connectivity index (χ0n) is 17.6. The number of thiazole rings is 1. The first-order chi connectivity index (χ1) is 13.0. The van der Waals surface area contributed by atoms with Crippen LogP contribution in [0.3, 0.4) is 0 Å². The molecular formula is C21H37N5S. The maximum absolute atomic E-state index is 4.84. The van der Waals surface area contributed by atoms with Crippen LogP contribution in [0, 0.1) is 0 Å². The number of hydrogen-bond donors (Lipinski definition) is 1. The Morgan fingerprint density at radius 3 is 2.15 bits per heavy atom. The van der Waals surface area contributed by atoms with Gasteiger partial charge in [-0.2, -0.15) is 5.10 Å². The van der Waals surface area contributed by atoms with E-state index in [4.69, 9.17) is 4.98 Å². The molecule has 1 N–H and O–H groups in total. The van der Waals surface area contributed by atoms with Gasteiger partial charge in [-0.25, -0.2) is 14.6 Å². The Balaban J connectivity index is 1.68. The maximum Gasteiger partial charge on any atom is 0.184 e. The molecule has 152 valence electrons. The third-order valence-electron chi connectivity index (χ3n) is 4.75. The zero-order chi connectivity index (χ0) is 19.5. The van der Waals surface area contributed by atoms with Gasteiger partial charge in [-0.3, -0.25) is 0 Å². The maximum atomic E-state index is 4.84. The third kappa shape index (κ3) is 7.60. The highest BCUT2D eigenvalue weighted by molar-refractivity contribution is 7.18. The molecule has 0 radical (unpaired) electrons. The van der Waals surface area contributed by atoms with E-state index in [9.17, 15) is 0 Å². The smallest absolute Gasteiger partial charge is 0.184 e. The van der Waals surface area contributed by atoms with Gasteiger partial charge >= 0.3 is 0 Å². The third-order valence-corrected chi connectivity index (χ3v) is 5.76. The molecule has 0 atom stereocenters. The van der Waals surface area contributed by atoms with Crippen molar-refractivity contribution in [3.8, 4) is 5.00 Å². The van der Waals surface area contributed by atoms with Crippen LogP contribution in [0.2, 0.25) is 0 Å². The van der Waals surface area contributed by atoms with E-state index in [1.54, 1.807) is 24.0 Å². The van der Waals surface area contributed by atoms with E-state index in [0.29, 0.717) is 0 Å². The lowest BCUT2D eigenvalue weighted by atomic mass is 9.92. The fourth-order valence-electron chi connectivity index (χ4n) is 3.15. The van der Waals surface area contributed by atoms with Crippen molar-refractivity contribution in [2.45, 2.75) is 97.3 Å². The molecule has 0 fully saturated rings. The second-order valence-electron chi connectivity index (χ2n) is 8.37. The van der Waals surface area contributed by atoms with E-state index in [0.717, 1.165) is 22.4 Å². The largest absolute Gasteiger partial charge is 0.361 e. The average Bonchev–Trinajstić information content (AvgIpc) is 3.28. The first-order valence-electron chi connectivity index (χ1n) is 10.6. The van der Waals surface area contributed by atoms with Crippen molar-refractivity contribution >= 4 is 16.5 Å². The monoisotopic (exact) mass is 391 g/mol. The molecule has 5 nitrogen and oxygen atoms in total. The second-order valence-corrected chi connectivity index (χ2v) is 9.35. The van der Waals surface area contributed by atoms with Gasteiger partial charge in [0.2, 0.25) is 0 Å². The predicted octanol–water partition coefficient (Wildman–Crippen LogP) is 6.35. The van der Waals surface area contributed by atoms with Crippen LogP contribution >= 0.6 is 11.3 Å². The van der Waals surface area contributed by atoms with Gasteiger partial charge in [-0.15, -0.1) is 0 Å². The Morgan fingerprint density at radius 2 is 1.59 bits per heavy atom.